The summed E-state index contributed by atoms with van der Waals surface area (Å²) in [5.74, 6) is 1.10. The number of anilines is 1. The van der Waals surface area contributed by atoms with Gasteiger partial charge >= 0.3 is 0 Å². The first-order chi connectivity index (χ1) is 16.3. The maximum absolute atomic E-state index is 13.6. The zero-order chi connectivity index (χ0) is 23.9. The molecule has 1 atom stereocenters. The minimum absolute atomic E-state index is 0.106. The lowest BCUT2D eigenvalue weighted by Crippen LogP contribution is -2.36. The predicted molar refractivity (Wildman–Crippen MR) is 129 cm³/mol. The first-order valence-electron chi connectivity index (χ1n) is 11.2. The number of rotatable bonds is 5. The third-order valence-electron chi connectivity index (χ3n) is 6.16. The summed E-state index contributed by atoms with van der Waals surface area (Å²) >= 11 is 0. The molecule has 0 fully saturated rings. The number of fused-ring (bicyclic) bond motifs is 2. The van der Waals surface area contributed by atoms with Crippen molar-refractivity contribution < 1.29 is 22.7 Å². The standard InChI is InChI=1S/C26H26N2O5S/c1-18-14-20-6-3-4-9-23(20)28(18)34(30,31)22-8-5-7-21(16-22)26(29)27(2)17-19-10-11-24-25(15-19)33-13-12-32-24/h3-11,15-16,18H,12-14,17H2,1-2H3. The Labute approximate surface area is 199 Å². The van der Waals surface area contributed by atoms with Crippen LogP contribution in [0.15, 0.2) is 71.6 Å². The van der Waals surface area contributed by atoms with Crippen molar-refractivity contribution in [2.45, 2.75) is 30.8 Å². The molecule has 5 rings (SSSR count). The number of ether oxygens (including phenoxy) is 2. The Kier molecular flexibility index (Phi) is 5.69. The SMILES string of the molecule is CC1Cc2ccccc2N1S(=O)(=O)c1cccc(C(=O)N(C)Cc2ccc3c(c2)OCCO3)c1. The van der Waals surface area contributed by atoms with E-state index in [2.05, 4.69) is 0 Å². The van der Waals surface area contributed by atoms with E-state index in [0.717, 1.165) is 11.1 Å². The van der Waals surface area contributed by atoms with E-state index in [1.807, 2.05) is 49.4 Å². The lowest BCUT2D eigenvalue weighted by atomic mass is 10.1. The first-order valence-corrected chi connectivity index (χ1v) is 12.6. The molecule has 7 nitrogen and oxygen atoms in total. The van der Waals surface area contributed by atoms with Gasteiger partial charge in [-0.05, 0) is 60.9 Å². The molecule has 2 aliphatic rings. The normalized spacial score (nSPS) is 16.8. The van der Waals surface area contributed by atoms with Crippen LogP contribution in [0.4, 0.5) is 5.69 Å². The first kappa shape index (κ1) is 22.3. The summed E-state index contributed by atoms with van der Waals surface area (Å²) in [6, 6.07) is 19.2. The van der Waals surface area contributed by atoms with Gasteiger partial charge in [0.25, 0.3) is 15.9 Å². The third kappa shape index (κ3) is 3.98. The fourth-order valence-corrected chi connectivity index (χ4v) is 6.30. The van der Waals surface area contributed by atoms with Gasteiger partial charge in [0.05, 0.1) is 10.6 Å². The third-order valence-corrected chi connectivity index (χ3v) is 8.08. The van der Waals surface area contributed by atoms with Crippen molar-refractivity contribution in [2.24, 2.45) is 0 Å². The van der Waals surface area contributed by atoms with Crippen LogP contribution < -0.4 is 13.8 Å². The van der Waals surface area contributed by atoms with E-state index in [9.17, 15) is 13.2 Å². The van der Waals surface area contributed by atoms with E-state index in [-0.39, 0.29) is 16.8 Å². The zero-order valence-electron chi connectivity index (χ0n) is 19.1. The highest BCUT2D eigenvalue weighted by molar-refractivity contribution is 7.92. The van der Waals surface area contributed by atoms with Crippen LogP contribution in [0.25, 0.3) is 0 Å². The summed E-state index contributed by atoms with van der Waals surface area (Å²) < 4.78 is 39.8. The number of carbonyl (C=O) groups excluding carboxylic acids is 1. The van der Waals surface area contributed by atoms with Gasteiger partial charge in [-0.2, -0.15) is 0 Å². The Bertz CT molecular complexity index is 1350. The van der Waals surface area contributed by atoms with Crippen molar-refractivity contribution in [1.82, 2.24) is 4.90 Å². The Morgan fingerprint density at radius 3 is 2.59 bits per heavy atom. The number of hydrogen-bond donors (Lipinski definition) is 0. The van der Waals surface area contributed by atoms with Crippen LogP contribution in [0.5, 0.6) is 11.5 Å². The monoisotopic (exact) mass is 478 g/mol. The van der Waals surface area contributed by atoms with Crippen LogP contribution in [0.3, 0.4) is 0 Å². The van der Waals surface area contributed by atoms with Gasteiger partial charge in [-0.25, -0.2) is 8.42 Å². The molecule has 8 heteroatoms. The van der Waals surface area contributed by atoms with Crippen molar-refractivity contribution in [3.8, 4) is 11.5 Å². The molecule has 0 radical (unpaired) electrons. The average molecular weight is 479 g/mol. The van der Waals surface area contributed by atoms with Crippen LogP contribution in [0.2, 0.25) is 0 Å². The molecular weight excluding hydrogens is 452 g/mol. The van der Waals surface area contributed by atoms with Crippen LogP contribution in [-0.4, -0.2) is 45.5 Å². The van der Waals surface area contributed by atoms with Crippen molar-refractivity contribution in [1.29, 1.82) is 0 Å². The lowest BCUT2D eigenvalue weighted by molar-refractivity contribution is 0.0784. The Balaban J connectivity index is 1.38. The van der Waals surface area contributed by atoms with Crippen molar-refractivity contribution in [2.75, 3.05) is 24.6 Å². The molecule has 0 aromatic heterocycles. The highest BCUT2D eigenvalue weighted by Gasteiger charge is 2.36. The highest BCUT2D eigenvalue weighted by atomic mass is 32.2. The fraction of sp³-hybridized carbons (Fsp3) is 0.269. The molecule has 34 heavy (non-hydrogen) atoms. The van der Waals surface area contributed by atoms with E-state index >= 15 is 0 Å². The lowest BCUT2D eigenvalue weighted by Gasteiger charge is -2.25. The van der Waals surface area contributed by atoms with Crippen LogP contribution >= 0.6 is 0 Å². The predicted octanol–water partition coefficient (Wildman–Crippen LogP) is 3.87. The molecule has 0 saturated heterocycles. The number of sulfonamides is 1. The van der Waals surface area contributed by atoms with Crippen molar-refractivity contribution in [3.63, 3.8) is 0 Å². The van der Waals surface area contributed by atoms with Crippen molar-refractivity contribution in [3.05, 3.63) is 83.4 Å². The summed E-state index contributed by atoms with van der Waals surface area (Å²) in [5, 5.41) is 0. The number of benzene rings is 3. The topological polar surface area (TPSA) is 76.2 Å². The van der Waals surface area contributed by atoms with Crippen molar-refractivity contribution >= 4 is 21.6 Å². The van der Waals surface area contributed by atoms with Gasteiger partial charge in [0.1, 0.15) is 13.2 Å². The second-order valence-electron chi connectivity index (χ2n) is 8.65. The summed E-state index contributed by atoms with van der Waals surface area (Å²) in [6.07, 6.45) is 0.659. The van der Waals surface area contributed by atoms with Crippen LogP contribution in [0, 0.1) is 0 Å². The van der Waals surface area contributed by atoms with Gasteiger partial charge in [-0.1, -0.05) is 30.3 Å². The summed E-state index contributed by atoms with van der Waals surface area (Å²) in [4.78, 5) is 14.8. The second kappa shape index (κ2) is 8.68. The van der Waals surface area contributed by atoms with Gasteiger partial charge in [0, 0.05) is 25.2 Å². The molecule has 1 unspecified atom stereocenters. The van der Waals surface area contributed by atoms with Gasteiger partial charge in [0.2, 0.25) is 0 Å². The molecule has 0 bridgehead atoms. The molecule has 0 N–H and O–H groups in total. The molecule has 0 saturated carbocycles. The molecule has 3 aromatic carbocycles. The maximum Gasteiger partial charge on any atom is 0.264 e. The highest BCUT2D eigenvalue weighted by Crippen LogP contribution is 2.36. The van der Waals surface area contributed by atoms with E-state index in [4.69, 9.17) is 9.47 Å². The number of nitrogens with zero attached hydrogens (tertiary/aromatic N) is 2. The summed E-state index contributed by atoms with van der Waals surface area (Å²) in [5.41, 5.74) is 2.92. The van der Waals surface area contributed by atoms with Gasteiger partial charge in [-0.15, -0.1) is 0 Å². The van der Waals surface area contributed by atoms with E-state index in [0.29, 0.717) is 48.9 Å². The molecule has 2 aliphatic heterocycles. The zero-order valence-corrected chi connectivity index (χ0v) is 19.9. The molecule has 0 spiro atoms. The van der Waals surface area contributed by atoms with Crippen LogP contribution in [0.1, 0.15) is 28.4 Å². The number of para-hydroxylation sites is 1. The van der Waals surface area contributed by atoms with Gasteiger partial charge in [0.15, 0.2) is 11.5 Å². The maximum atomic E-state index is 13.6. The van der Waals surface area contributed by atoms with Gasteiger partial charge < -0.3 is 14.4 Å². The Morgan fingerprint density at radius 2 is 1.76 bits per heavy atom. The quantitative estimate of drug-likeness (QED) is 0.557. The molecule has 2 heterocycles. The number of carbonyl (C=O) groups is 1. The average Bonchev–Trinajstić information content (AvgIpc) is 3.20. The van der Waals surface area contributed by atoms with E-state index < -0.39 is 10.0 Å². The smallest absolute Gasteiger partial charge is 0.264 e. The molecule has 0 aliphatic carbocycles. The Hall–Kier alpha value is -3.52. The number of amides is 1. The van der Waals surface area contributed by atoms with Gasteiger partial charge in [-0.3, -0.25) is 9.10 Å². The molecule has 176 valence electrons. The Morgan fingerprint density at radius 1 is 1.00 bits per heavy atom. The van der Waals surface area contributed by atoms with E-state index in [1.165, 1.54) is 10.4 Å². The largest absolute Gasteiger partial charge is 0.486 e. The molecule has 1 amide bonds. The number of hydrogen-bond acceptors (Lipinski definition) is 5. The van der Waals surface area contributed by atoms with Crippen LogP contribution in [-0.2, 0) is 23.0 Å². The fourth-order valence-electron chi connectivity index (χ4n) is 4.56. The molecular formula is C26H26N2O5S. The summed E-state index contributed by atoms with van der Waals surface area (Å²) in [6.45, 7) is 3.26. The molecule has 3 aromatic rings. The van der Waals surface area contributed by atoms with E-state index in [1.54, 1.807) is 30.1 Å². The summed E-state index contributed by atoms with van der Waals surface area (Å²) in [7, 11) is -2.13. The minimum atomic E-state index is -3.82. The second-order valence-corrected chi connectivity index (χ2v) is 10.5. The minimum Gasteiger partial charge on any atom is -0.486 e.